The second-order valence-electron chi connectivity index (χ2n) is 6.15. The molecule has 1 aliphatic rings. The zero-order valence-corrected chi connectivity index (χ0v) is 15.3. The highest BCUT2D eigenvalue weighted by Gasteiger charge is 2.30. The third kappa shape index (κ3) is 3.79. The molecule has 0 spiro atoms. The van der Waals surface area contributed by atoms with E-state index in [0.717, 1.165) is 13.0 Å². The van der Waals surface area contributed by atoms with Gasteiger partial charge in [0.25, 0.3) is 0 Å². The molecule has 0 amide bonds. The molecule has 0 unspecified atom stereocenters. The molecule has 0 saturated heterocycles. The molecule has 0 radical (unpaired) electrons. The maximum atomic E-state index is 8.44. The van der Waals surface area contributed by atoms with Gasteiger partial charge in [0.15, 0.2) is 0 Å². The van der Waals surface area contributed by atoms with Gasteiger partial charge in [-0.05, 0) is 37.8 Å². The highest BCUT2D eigenvalue weighted by Crippen LogP contribution is 2.36. The van der Waals surface area contributed by atoms with Gasteiger partial charge in [0.1, 0.15) is 6.54 Å². The van der Waals surface area contributed by atoms with Crippen molar-refractivity contribution in [3.05, 3.63) is 53.1 Å². The van der Waals surface area contributed by atoms with E-state index in [2.05, 4.69) is 68.7 Å². The standard InChI is InChI=1S/C19H22N.O3S/c1-5-9-20-17(10-13(2)3)16-8-6-7-15-11-14(4)12-18(20)19(15)16;1-4(2)3/h6-8,10-12H,5,9H2,1-4H3;/q+1;. The van der Waals surface area contributed by atoms with E-state index in [1.807, 2.05) is 0 Å². The second-order valence-corrected chi connectivity index (χ2v) is 6.56. The third-order valence-corrected chi connectivity index (χ3v) is 3.83. The Kier molecular flexibility index (Phi) is 5.67. The van der Waals surface area contributed by atoms with E-state index >= 15 is 0 Å². The van der Waals surface area contributed by atoms with E-state index in [1.54, 1.807) is 0 Å². The maximum Gasteiger partial charge on any atom is 0.425 e. The van der Waals surface area contributed by atoms with E-state index in [1.165, 1.54) is 38.9 Å². The number of aryl methyl sites for hydroxylation is 1. The third-order valence-electron chi connectivity index (χ3n) is 3.83. The van der Waals surface area contributed by atoms with Crippen LogP contribution in [0, 0.1) is 6.92 Å². The minimum atomic E-state index is -3.11. The molecule has 24 heavy (non-hydrogen) atoms. The van der Waals surface area contributed by atoms with Crippen molar-refractivity contribution in [1.29, 1.82) is 0 Å². The van der Waals surface area contributed by atoms with Crippen molar-refractivity contribution < 1.29 is 17.2 Å². The molecule has 0 saturated carbocycles. The molecule has 0 aliphatic carbocycles. The normalized spacial score (nSPS) is 12.0. The van der Waals surface area contributed by atoms with Crippen molar-refractivity contribution in [1.82, 2.24) is 0 Å². The van der Waals surface area contributed by atoms with Crippen molar-refractivity contribution >= 4 is 32.8 Å². The Morgan fingerprint density at radius 3 is 2.42 bits per heavy atom. The quantitative estimate of drug-likeness (QED) is 0.792. The molecule has 5 heteroatoms. The number of rotatable bonds is 3. The first-order valence-corrected chi connectivity index (χ1v) is 8.95. The average Bonchev–Trinajstić information content (AvgIpc) is 2.74. The summed E-state index contributed by atoms with van der Waals surface area (Å²) in [7, 11) is -3.11. The van der Waals surface area contributed by atoms with Crippen molar-refractivity contribution in [2.45, 2.75) is 34.1 Å². The lowest BCUT2D eigenvalue weighted by Gasteiger charge is -2.02. The first-order valence-electron chi connectivity index (χ1n) is 7.95. The SMILES string of the molecule is CCC[N+]1=C(C=C(C)C)c2cccc3cc(C)cc1c23.O=S(=O)=O. The Balaban J connectivity index is 0.000000471. The van der Waals surface area contributed by atoms with Gasteiger partial charge >= 0.3 is 10.6 Å². The van der Waals surface area contributed by atoms with Gasteiger partial charge in [-0.2, -0.15) is 4.58 Å². The van der Waals surface area contributed by atoms with Crippen LogP contribution in [0.3, 0.4) is 0 Å². The van der Waals surface area contributed by atoms with Crippen LogP contribution in [0.1, 0.15) is 38.3 Å². The Morgan fingerprint density at radius 1 is 1.17 bits per heavy atom. The van der Waals surface area contributed by atoms with Crippen LogP contribution in [0.5, 0.6) is 0 Å². The summed E-state index contributed by atoms with van der Waals surface area (Å²) in [6.07, 6.45) is 3.48. The smallest absolute Gasteiger partial charge is 0.191 e. The van der Waals surface area contributed by atoms with Crippen LogP contribution in [0.2, 0.25) is 0 Å². The predicted molar refractivity (Wildman–Crippen MR) is 97.0 cm³/mol. The van der Waals surface area contributed by atoms with Gasteiger partial charge in [-0.3, -0.25) is 0 Å². The Labute approximate surface area is 144 Å². The number of hydrogen-bond acceptors (Lipinski definition) is 3. The molecule has 0 N–H and O–H groups in total. The molecule has 126 valence electrons. The summed E-state index contributed by atoms with van der Waals surface area (Å²) in [4.78, 5) is 0. The maximum absolute atomic E-state index is 8.44. The zero-order valence-electron chi connectivity index (χ0n) is 14.5. The summed E-state index contributed by atoms with van der Waals surface area (Å²) >= 11 is 0. The first kappa shape index (κ1) is 18.1. The van der Waals surface area contributed by atoms with Gasteiger partial charge in [-0.25, -0.2) is 0 Å². The van der Waals surface area contributed by atoms with Gasteiger partial charge in [-0.15, -0.1) is 12.6 Å². The predicted octanol–water partition coefficient (Wildman–Crippen LogP) is 3.97. The fraction of sp³-hybridized carbons (Fsp3) is 0.316. The van der Waals surface area contributed by atoms with E-state index in [9.17, 15) is 0 Å². The first-order chi connectivity index (χ1) is 11.3. The minimum absolute atomic E-state index is 1.08. The van der Waals surface area contributed by atoms with Gasteiger partial charge in [0.2, 0.25) is 11.4 Å². The Bertz CT molecular complexity index is 944. The van der Waals surface area contributed by atoms with Crippen LogP contribution in [0.15, 0.2) is 42.0 Å². The zero-order chi connectivity index (χ0) is 17.9. The lowest BCUT2D eigenvalue weighted by Crippen LogP contribution is -2.13. The second kappa shape index (κ2) is 7.53. The van der Waals surface area contributed by atoms with E-state index in [0.29, 0.717) is 0 Å². The number of benzene rings is 2. The van der Waals surface area contributed by atoms with Crippen LogP contribution in [-0.2, 0) is 10.6 Å². The summed E-state index contributed by atoms with van der Waals surface area (Å²) in [6.45, 7) is 9.85. The molecule has 0 fully saturated rings. The van der Waals surface area contributed by atoms with Crippen LogP contribution in [0.4, 0.5) is 5.69 Å². The number of nitrogens with zero attached hydrogens (tertiary/aromatic N) is 1. The fourth-order valence-corrected chi connectivity index (χ4v) is 3.15. The van der Waals surface area contributed by atoms with Gasteiger partial charge in [-0.1, -0.05) is 30.7 Å². The fourth-order valence-electron chi connectivity index (χ4n) is 3.15. The van der Waals surface area contributed by atoms with Crippen LogP contribution in [0.25, 0.3) is 10.8 Å². The van der Waals surface area contributed by atoms with Gasteiger partial charge < -0.3 is 0 Å². The molecule has 1 heterocycles. The molecule has 0 aromatic heterocycles. The largest absolute Gasteiger partial charge is 0.425 e. The summed E-state index contributed by atoms with van der Waals surface area (Å²) in [5.41, 5.74) is 6.81. The Hall–Kier alpha value is -2.27. The molecule has 4 nitrogen and oxygen atoms in total. The lowest BCUT2D eigenvalue weighted by molar-refractivity contribution is -0.435. The highest BCUT2D eigenvalue weighted by molar-refractivity contribution is 7.59. The molecule has 0 atom stereocenters. The summed E-state index contributed by atoms with van der Waals surface area (Å²) < 4.78 is 27.8. The molecule has 2 aromatic carbocycles. The molecule has 1 aliphatic heterocycles. The average molecular weight is 344 g/mol. The molecule has 0 bridgehead atoms. The van der Waals surface area contributed by atoms with Crippen molar-refractivity contribution in [2.24, 2.45) is 0 Å². The number of hydrogen-bond donors (Lipinski definition) is 0. The van der Waals surface area contributed by atoms with Crippen LogP contribution >= 0.6 is 0 Å². The van der Waals surface area contributed by atoms with Crippen LogP contribution in [-0.4, -0.2) is 29.5 Å². The van der Waals surface area contributed by atoms with E-state index in [4.69, 9.17) is 12.6 Å². The van der Waals surface area contributed by atoms with Crippen molar-refractivity contribution in [3.8, 4) is 0 Å². The highest BCUT2D eigenvalue weighted by atomic mass is 32.2. The summed E-state index contributed by atoms with van der Waals surface area (Å²) in [5.74, 6) is 0. The molecular weight excluding hydrogens is 322 g/mol. The molecule has 3 rings (SSSR count). The summed E-state index contributed by atoms with van der Waals surface area (Å²) in [5, 5.41) is 2.77. The molecular formula is C19H22NO3S+. The van der Waals surface area contributed by atoms with Crippen molar-refractivity contribution in [2.75, 3.05) is 6.54 Å². The topological polar surface area (TPSA) is 54.2 Å². The minimum Gasteiger partial charge on any atom is -0.191 e. The van der Waals surface area contributed by atoms with Gasteiger partial charge in [0, 0.05) is 18.6 Å². The van der Waals surface area contributed by atoms with E-state index < -0.39 is 10.6 Å². The lowest BCUT2D eigenvalue weighted by atomic mass is 10.00. The number of allylic oxidation sites excluding steroid dienone is 2. The molecule has 2 aromatic rings. The summed E-state index contributed by atoms with van der Waals surface area (Å²) in [6, 6.07) is 11.3. The van der Waals surface area contributed by atoms with Crippen LogP contribution < -0.4 is 0 Å². The monoisotopic (exact) mass is 344 g/mol. The van der Waals surface area contributed by atoms with Crippen molar-refractivity contribution in [3.63, 3.8) is 0 Å². The Morgan fingerprint density at radius 2 is 1.83 bits per heavy atom. The van der Waals surface area contributed by atoms with E-state index in [-0.39, 0.29) is 0 Å². The van der Waals surface area contributed by atoms with Gasteiger partial charge in [0.05, 0.1) is 10.9 Å².